The number of para-hydroxylation sites is 1. The monoisotopic (exact) mass is 509 g/mol. The first-order valence-corrected chi connectivity index (χ1v) is 13.2. The second kappa shape index (κ2) is 11.9. The van der Waals surface area contributed by atoms with Crippen LogP contribution in [0.15, 0.2) is 66.2 Å². The van der Waals surface area contributed by atoms with Crippen molar-refractivity contribution in [3.05, 3.63) is 71.7 Å². The standard InChI is InChI=1S/C27H31N3O5S/c31-20-16-30(15-19-6-8-22(9-7-19)34-21-4-2-1-3-5-21)24-11-10-23(35-25(24)18-33-17-20)14-26(32)29-27-28-12-13-36-27/h1-9,12-13,20,23-25,31H,10-11,14-18H2,(H,28,29,32)/t20-,23-,24-,25+/m1/s1. The van der Waals surface area contributed by atoms with Crippen LogP contribution in [-0.2, 0) is 20.8 Å². The number of ether oxygens (including phenoxy) is 3. The Bertz CT molecular complexity index is 1100. The number of nitrogens with one attached hydrogen (secondary N) is 1. The molecule has 2 fully saturated rings. The third-order valence-corrected chi connectivity index (χ3v) is 7.16. The Morgan fingerprint density at radius 3 is 2.69 bits per heavy atom. The largest absolute Gasteiger partial charge is 0.457 e. The van der Waals surface area contributed by atoms with Gasteiger partial charge in [-0.1, -0.05) is 30.3 Å². The fourth-order valence-corrected chi connectivity index (χ4v) is 5.36. The summed E-state index contributed by atoms with van der Waals surface area (Å²) in [6.45, 7) is 1.85. The molecule has 2 saturated heterocycles. The summed E-state index contributed by atoms with van der Waals surface area (Å²) in [5.74, 6) is 1.49. The van der Waals surface area contributed by atoms with E-state index in [0.717, 1.165) is 29.9 Å². The highest BCUT2D eigenvalue weighted by molar-refractivity contribution is 7.13. The number of fused-ring (bicyclic) bond motifs is 1. The Balaban J connectivity index is 1.21. The topological polar surface area (TPSA) is 93.2 Å². The molecule has 0 saturated carbocycles. The molecule has 4 atom stereocenters. The third-order valence-electron chi connectivity index (χ3n) is 6.47. The number of aromatic nitrogens is 1. The molecule has 36 heavy (non-hydrogen) atoms. The van der Waals surface area contributed by atoms with E-state index in [4.69, 9.17) is 14.2 Å². The van der Waals surface area contributed by atoms with Crippen LogP contribution in [0.4, 0.5) is 5.13 Å². The molecule has 3 aromatic rings. The summed E-state index contributed by atoms with van der Waals surface area (Å²) < 4.78 is 18.0. The molecule has 2 aliphatic heterocycles. The number of thiazole rings is 1. The highest BCUT2D eigenvalue weighted by Gasteiger charge is 2.38. The van der Waals surface area contributed by atoms with Gasteiger partial charge in [-0.3, -0.25) is 9.69 Å². The molecule has 8 nitrogen and oxygen atoms in total. The van der Waals surface area contributed by atoms with Gasteiger partial charge in [-0.05, 0) is 42.7 Å². The predicted molar refractivity (Wildman–Crippen MR) is 137 cm³/mol. The first-order chi connectivity index (χ1) is 17.6. The summed E-state index contributed by atoms with van der Waals surface area (Å²) in [5.41, 5.74) is 1.13. The summed E-state index contributed by atoms with van der Waals surface area (Å²) in [6, 6.07) is 17.9. The zero-order valence-electron chi connectivity index (χ0n) is 20.0. The maximum atomic E-state index is 12.4. The fraction of sp³-hybridized carbons (Fsp3) is 0.407. The summed E-state index contributed by atoms with van der Waals surface area (Å²) >= 11 is 1.40. The van der Waals surface area contributed by atoms with Gasteiger partial charge in [-0.25, -0.2) is 4.98 Å². The van der Waals surface area contributed by atoms with Crippen LogP contribution in [0.2, 0.25) is 0 Å². The maximum absolute atomic E-state index is 12.4. The summed E-state index contributed by atoms with van der Waals surface area (Å²) in [4.78, 5) is 18.8. The molecule has 0 radical (unpaired) electrons. The molecular formula is C27H31N3O5S. The van der Waals surface area contributed by atoms with Gasteiger partial charge in [-0.15, -0.1) is 11.3 Å². The van der Waals surface area contributed by atoms with Crippen molar-refractivity contribution >= 4 is 22.4 Å². The average molecular weight is 510 g/mol. The lowest BCUT2D eigenvalue weighted by Crippen LogP contribution is -2.55. The van der Waals surface area contributed by atoms with Gasteiger partial charge in [0.2, 0.25) is 5.91 Å². The van der Waals surface area contributed by atoms with Crippen molar-refractivity contribution < 1.29 is 24.1 Å². The number of amides is 1. The Hall–Kier alpha value is -2.82. The van der Waals surface area contributed by atoms with E-state index in [1.807, 2.05) is 47.8 Å². The van der Waals surface area contributed by atoms with Crippen LogP contribution in [0, 0.1) is 0 Å². The van der Waals surface area contributed by atoms with Crippen LogP contribution in [-0.4, -0.2) is 65.0 Å². The zero-order chi connectivity index (χ0) is 24.7. The van der Waals surface area contributed by atoms with Crippen LogP contribution < -0.4 is 10.1 Å². The van der Waals surface area contributed by atoms with Crippen molar-refractivity contribution in [1.29, 1.82) is 0 Å². The molecule has 5 rings (SSSR count). The van der Waals surface area contributed by atoms with E-state index in [1.54, 1.807) is 6.20 Å². The second-order valence-corrected chi connectivity index (χ2v) is 10.1. The van der Waals surface area contributed by atoms with Gasteiger partial charge in [0.05, 0.1) is 37.9 Å². The van der Waals surface area contributed by atoms with E-state index in [1.165, 1.54) is 11.3 Å². The van der Waals surface area contributed by atoms with Crippen molar-refractivity contribution in [2.24, 2.45) is 0 Å². The molecule has 2 aromatic carbocycles. The minimum atomic E-state index is -0.562. The quantitative estimate of drug-likeness (QED) is 0.496. The van der Waals surface area contributed by atoms with E-state index >= 15 is 0 Å². The number of rotatable bonds is 7. The van der Waals surface area contributed by atoms with Gasteiger partial charge in [0, 0.05) is 30.7 Å². The van der Waals surface area contributed by atoms with Crippen LogP contribution >= 0.6 is 11.3 Å². The first kappa shape index (κ1) is 24.9. The van der Waals surface area contributed by atoms with Crippen LogP contribution in [0.3, 0.4) is 0 Å². The predicted octanol–water partition coefficient (Wildman–Crippen LogP) is 4.07. The molecule has 0 bridgehead atoms. The van der Waals surface area contributed by atoms with E-state index < -0.39 is 6.10 Å². The molecule has 0 unspecified atom stereocenters. The number of hydrogen-bond donors (Lipinski definition) is 2. The van der Waals surface area contributed by atoms with Crippen molar-refractivity contribution in [2.75, 3.05) is 25.1 Å². The molecule has 2 N–H and O–H groups in total. The number of hydrogen-bond acceptors (Lipinski definition) is 8. The lowest BCUT2D eigenvalue weighted by molar-refractivity contribution is -0.156. The number of nitrogens with zero attached hydrogens (tertiary/aromatic N) is 2. The molecule has 0 spiro atoms. The van der Waals surface area contributed by atoms with Crippen molar-refractivity contribution in [3.63, 3.8) is 0 Å². The minimum absolute atomic E-state index is 0.0924. The highest BCUT2D eigenvalue weighted by Crippen LogP contribution is 2.30. The number of aliphatic hydroxyl groups is 1. The van der Waals surface area contributed by atoms with E-state index in [9.17, 15) is 9.90 Å². The SMILES string of the molecule is O=C(C[C@H]1CC[C@@H]2[C@H](COC[C@H](O)CN2Cc2ccc(Oc3ccccc3)cc2)O1)Nc1nccs1. The molecule has 1 aromatic heterocycles. The lowest BCUT2D eigenvalue weighted by atomic mass is 9.94. The van der Waals surface area contributed by atoms with Gasteiger partial charge in [0.25, 0.3) is 0 Å². The van der Waals surface area contributed by atoms with Gasteiger partial charge in [0.1, 0.15) is 11.5 Å². The summed E-state index contributed by atoms with van der Waals surface area (Å²) in [5, 5.41) is 15.7. The number of anilines is 1. The summed E-state index contributed by atoms with van der Waals surface area (Å²) in [7, 11) is 0. The fourth-order valence-electron chi connectivity index (χ4n) is 4.81. The summed E-state index contributed by atoms with van der Waals surface area (Å²) in [6.07, 6.45) is 2.69. The molecule has 3 heterocycles. The number of benzene rings is 2. The molecule has 0 aliphatic carbocycles. The number of β-amino-alcohol motifs (C(OH)–C–C–N with tert-alkyl or cyclic N) is 1. The van der Waals surface area contributed by atoms with Crippen molar-refractivity contribution in [1.82, 2.24) is 9.88 Å². The first-order valence-electron chi connectivity index (χ1n) is 12.3. The number of aliphatic hydroxyl groups excluding tert-OH is 1. The van der Waals surface area contributed by atoms with E-state index in [2.05, 4.69) is 27.3 Å². The Morgan fingerprint density at radius 1 is 1.11 bits per heavy atom. The smallest absolute Gasteiger partial charge is 0.228 e. The molecule has 9 heteroatoms. The Kier molecular flexibility index (Phi) is 8.25. The van der Waals surface area contributed by atoms with Gasteiger partial charge in [0.15, 0.2) is 5.13 Å². The van der Waals surface area contributed by atoms with Gasteiger partial charge in [-0.2, -0.15) is 0 Å². The molecule has 1 amide bonds. The molecular weight excluding hydrogens is 478 g/mol. The third kappa shape index (κ3) is 6.68. The zero-order valence-corrected chi connectivity index (χ0v) is 20.8. The average Bonchev–Trinajstić information content (AvgIpc) is 3.38. The number of carbonyl (C=O) groups excluding carboxylic acids is 1. The second-order valence-electron chi connectivity index (χ2n) is 9.21. The van der Waals surface area contributed by atoms with Crippen molar-refractivity contribution in [2.45, 2.75) is 50.2 Å². The Labute approximate surface area is 214 Å². The molecule has 190 valence electrons. The highest BCUT2D eigenvalue weighted by atomic mass is 32.1. The minimum Gasteiger partial charge on any atom is -0.457 e. The Morgan fingerprint density at radius 2 is 1.92 bits per heavy atom. The van der Waals surface area contributed by atoms with Crippen LogP contribution in [0.25, 0.3) is 0 Å². The van der Waals surface area contributed by atoms with Crippen LogP contribution in [0.1, 0.15) is 24.8 Å². The van der Waals surface area contributed by atoms with Gasteiger partial charge >= 0.3 is 0 Å². The maximum Gasteiger partial charge on any atom is 0.228 e. The van der Waals surface area contributed by atoms with Gasteiger partial charge < -0.3 is 24.6 Å². The molecule has 2 aliphatic rings. The van der Waals surface area contributed by atoms with Crippen LogP contribution in [0.5, 0.6) is 11.5 Å². The van der Waals surface area contributed by atoms with Crippen molar-refractivity contribution in [3.8, 4) is 11.5 Å². The number of carbonyl (C=O) groups is 1. The normalized spacial score (nSPS) is 24.8. The lowest BCUT2D eigenvalue weighted by Gasteiger charge is -2.44. The van der Waals surface area contributed by atoms with E-state index in [0.29, 0.717) is 24.8 Å². The van der Waals surface area contributed by atoms with E-state index in [-0.39, 0.29) is 37.2 Å².